The van der Waals surface area contributed by atoms with E-state index in [-0.39, 0.29) is 11.0 Å². The van der Waals surface area contributed by atoms with E-state index in [9.17, 15) is 4.79 Å². The Kier molecular flexibility index (Phi) is 7.23. The highest BCUT2D eigenvalue weighted by atomic mass is 32.1. The molecule has 0 saturated heterocycles. The van der Waals surface area contributed by atoms with Crippen molar-refractivity contribution in [2.75, 3.05) is 11.9 Å². The maximum atomic E-state index is 12.4. The number of hydrogen-bond acceptors (Lipinski definition) is 5. The minimum atomic E-state index is -0.291. The summed E-state index contributed by atoms with van der Waals surface area (Å²) in [4.78, 5) is 17.1. The number of thiocarbonyl (C=S) groups is 1. The molecule has 6 nitrogen and oxygen atoms in total. The molecule has 3 aromatic carbocycles. The maximum absolute atomic E-state index is 12.4. The highest BCUT2D eigenvalue weighted by molar-refractivity contribution is 7.80. The molecule has 34 heavy (non-hydrogen) atoms. The molecule has 7 heteroatoms. The predicted molar refractivity (Wildman–Crippen MR) is 139 cm³/mol. The lowest BCUT2D eigenvalue weighted by Crippen LogP contribution is -2.34. The van der Waals surface area contributed by atoms with Crippen molar-refractivity contribution in [3.8, 4) is 17.2 Å². The number of carbonyl (C=O) groups excluding carboxylic acids is 1. The van der Waals surface area contributed by atoms with Crippen molar-refractivity contribution in [2.45, 2.75) is 33.1 Å². The lowest BCUT2D eigenvalue weighted by Gasteiger charge is -2.10. The Hall–Kier alpha value is -3.71. The fourth-order valence-corrected chi connectivity index (χ4v) is 3.72. The third kappa shape index (κ3) is 5.43. The third-order valence-corrected chi connectivity index (χ3v) is 5.84. The van der Waals surface area contributed by atoms with Crippen molar-refractivity contribution >= 4 is 40.0 Å². The molecular weight excluding hydrogens is 446 g/mol. The van der Waals surface area contributed by atoms with Gasteiger partial charge in [0.2, 0.25) is 5.89 Å². The van der Waals surface area contributed by atoms with Crippen molar-refractivity contribution in [2.24, 2.45) is 0 Å². The van der Waals surface area contributed by atoms with Crippen LogP contribution in [0.2, 0.25) is 0 Å². The van der Waals surface area contributed by atoms with Gasteiger partial charge in [-0.15, -0.1) is 0 Å². The Labute approximate surface area is 204 Å². The minimum absolute atomic E-state index is 0.214. The SMILES string of the molecule is CCOc1ccc(C(=O)NC(=S)Nc2ccc(-c3nc4cc([C@@H](C)CC)ccc4o3)cc2)cc1. The molecule has 0 aliphatic carbocycles. The molecule has 1 aromatic heterocycles. The molecule has 0 radical (unpaired) electrons. The van der Waals surface area contributed by atoms with Gasteiger partial charge < -0.3 is 14.5 Å². The number of ether oxygens (including phenoxy) is 1. The van der Waals surface area contributed by atoms with Crippen LogP contribution in [0.3, 0.4) is 0 Å². The number of benzene rings is 3. The lowest BCUT2D eigenvalue weighted by molar-refractivity contribution is 0.0977. The van der Waals surface area contributed by atoms with Gasteiger partial charge in [0, 0.05) is 16.8 Å². The first-order valence-electron chi connectivity index (χ1n) is 11.3. The van der Waals surface area contributed by atoms with Gasteiger partial charge in [-0.1, -0.05) is 19.9 Å². The van der Waals surface area contributed by atoms with Gasteiger partial charge in [-0.3, -0.25) is 10.1 Å². The standard InChI is InChI=1S/C27H27N3O3S/c1-4-17(3)20-10-15-24-23(16-20)29-26(33-24)19-6-11-21(12-7-19)28-27(34)30-25(31)18-8-13-22(14-9-18)32-5-2/h6-17H,4-5H2,1-3H3,(H2,28,30,31,34)/t17-/m0/s1. The molecule has 4 aromatic rings. The number of aromatic nitrogens is 1. The molecule has 0 spiro atoms. The fourth-order valence-electron chi connectivity index (χ4n) is 3.51. The first-order chi connectivity index (χ1) is 16.5. The van der Waals surface area contributed by atoms with Crippen LogP contribution in [0.5, 0.6) is 5.75 Å². The number of anilines is 1. The molecule has 1 amide bonds. The zero-order valence-electron chi connectivity index (χ0n) is 19.4. The minimum Gasteiger partial charge on any atom is -0.494 e. The van der Waals surface area contributed by atoms with Crippen molar-refractivity contribution in [3.63, 3.8) is 0 Å². The van der Waals surface area contributed by atoms with Crippen LogP contribution in [0.15, 0.2) is 71.1 Å². The number of carbonyl (C=O) groups is 1. The highest BCUT2D eigenvalue weighted by Crippen LogP contribution is 2.28. The number of nitrogens with zero attached hydrogens (tertiary/aromatic N) is 1. The Morgan fingerprint density at radius 1 is 1.06 bits per heavy atom. The number of amides is 1. The second kappa shape index (κ2) is 10.5. The molecule has 0 aliphatic heterocycles. The van der Waals surface area contributed by atoms with Crippen LogP contribution in [-0.2, 0) is 0 Å². The first kappa shape index (κ1) is 23.4. The Morgan fingerprint density at radius 2 is 1.79 bits per heavy atom. The smallest absolute Gasteiger partial charge is 0.257 e. The molecule has 0 fully saturated rings. The van der Waals surface area contributed by atoms with Crippen molar-refractivity contribution in [1.29, 1.82) is 0 Å². The van der Waals surface area contributed by atoms with Gasteiger partial charge in [-0.25, -0.2) is 4.98 Å². The van der Waals surface area contributed by atoms with Gasteiger partial charge in [0.25, 0.3) is 5.91 Å². The van der Waals surface area contributed by atoms with Crippen LogP contribution in [0, 0.1) is 0 Å². The average molecular weight is 474 g/mol. The van der Waals surface area contributed by atoms with Gasteiger partial charge in [-0.05, 0) is 97.7 Å². The van der Waals surface area contributed by atoms with E-state index in [1.807, 2.05) is 37.3 Å². The van der Waals surface area contributed by atoms with E-state index in [0.717, 1.165) is 34.5 Å². The second-order valence-corrected chi connectivity index (χ2v) is 8.41. The second-order valence-electron chi connectivity index (χ2n) is 8.00. The Bertz CT molecular complexity index is 1300. The Morgan fingerprint density at radius 3 is 2.47 bits per heavy atom. The predicted octanol–water partition coefficient (Wildman–Crippen LogP) is 6.53. The van der Waals surface area contributed by atoms with Crippen molar-refractivity contribution in [1.82, 2.24) is 10.3 Å². The van der Waals surface area contributed by atoms with Gasteiger partial charge in [0.1, 0.15) is 11.3 Å². The van der Waals surface area contributed by atoms with Crippen LogP contribution in [0.1, 0.15) is 49.0 Å². The van der Waals surface area contributed by atoms with E-state index in [2.05, 4.69) is 41.6 Å². The van der Waals surface area contributed by atoms with Gasteiger partial charge >= 0.3 is 0 Å². The zero-order chi connectivity index (χ0) is 24.1. The van der Waals surface area contributed by atoms with E-state index >= 15 is 0 Å². The molecule has 2 N–H and O–H groups in total. The summed E-state index contributed by atoms with van der Waals surface area (Å²) in [5.74, 6) is 1.47. The van der Waals surface area contributed by atoms with E-state index in [1.54, 1.807) is 24.3 Å². The zero-order valence-corrected chi connectivity index (χ0v) is 20.2. The third-order valence-electron chi connectivity index (χ3n) is 5.64. The number of hydrogen-bond donors (Lipinski definition) is 2. The largest absolute Gasteiger partial charge is 0.494 e. The molecule has 174 valence electrons. The highest BCUT2D eigenvalue weighted by Gasteiger charge is 2.12. The molecule has 4 rings (SSSR count). The molecule has 1 atom stereocenters. The monoisotopic (exact) mass is 473 g/mol. The number of fused-ring (bicyclic) bond motifs is 1. The first-order valence-corrected chi connectivity index (χ1v) is 11.7. The summed E-state index contributed by atoms with van der Waals surface area (Å²) < 4.78 is 11.3. The van der Waals surface area contributed by atoms with E-state index < -0.39 is 0 Å². The molecule has 0 aliphatic rings. The molecule has 0 unspecified atom stereocenters. The van der Waals surface area contributed by atoms with Crippen LogP contribution in [-0.4, -0.2) is 22.6 Å². The summed E-state index contributed by atoms with van der Waals surface area (Å²) in [6.07, 6.45) is 1.08. The molecule has 0 bridgehead atoms. The van der Waals surface area contributed by atoms with E-state index in [1.165, 1.54) is 5.56 Å². The van der Waals surface area contributed by atoms with Gasteiger partial charge in [0.05, 0.1) is 6.61 Å². The summed E-state index contributed by atoms with van der Waals surface area (Å²) in [6, 6.07) is 20.6. The number of rotatable bonds is 7. The maximum Gasteiger partial charge on any atom is 0.257 e. The van der Waals surface area contributed by atoms with Gasteiger partial charge in [0.15, 0.2) is 10.7 Å². The lowest BCUT2D eigenvalue weighted by atomic mass is 9.98. The summed E-state index contributed by atoms with van der Waals surface area (Å²) >= 11 is 5.29. The van der Waals surface area contributed by atoms with E-state index in [0.29, 0.717) is 24.0 Å². The van der Waals surface area contributed by atoms with Crippen LogP contribution >= 0.6 is 12.2 Å². The Balaban J connectivity index is 1.39. The van der Waals surface area contributed by atoms with Crippen molar-refractivity contribution < 1.29 is 13.9 Å². The quantitative estimate of drug-likeness (QED) is 0.297. The van der Waals surface area contributed by atoms with Crippen LogP contribution < -0.4 is 15.4 Å². The average Bonchev–Trinajstić information content (AvgIpc) is 3.28. The number of oxazole rings is 1. The van der Waals surface area contributed by atoms with Crippen LogP contribution in [0.4, 0.5) is 5.69 Å². The van der Waals surface area contributed by atoms with Crippen molar-refractivity contribution in [3.05, 3.63) is 77.9 Å². The fraction of sp³-hybridized carbons (Fsp3) is 0.222. The summed E-state index contributed by atoms with van der Waals surface area (Å²) in [5.41, 5.74) is 4.98. The number of nitrogens with one attached hydrogen (secondary N) is 2. The van der Waals surface area contributed by atoms with Crippen LogP contribution in [0.25, 0.3) is 22.6 Å². The topological polar surface area (TPSA) is 76.4 Å². The summed E-state index contributed by atoms with van der Waals surface area (Å²) in [7, 11) is 0. The summed E-state index contributed by atoms with van der Waals surface area (Å²) in [5, 5.41) is 5.93. The normalized spacial score (nSPS) is 11.7. The molecule has 0 saturated carbocycles. The molecular formula is C27H27N3O3S. The van der Waals surface area contributed by atoms with E-state index in [4.69, 9.17) is 21.4 Å². The molecule has 1 heterocycles. The summed E-state index contributed by atoms with van der Waals surface area (Å²) in [6.45, 7) is 6.87. The van der Waals surface area contributed by atoms with Gasteiger partial charge in [-0.2, -0.15) is 0 Å².